The molecular weight excluding hydrogens is 256 g/mol. The van der Waals surface area contributed by atoms with Crippen LogP contribution in [0.3, 0.4) is 0 Å². The van der Waals surface area contributed by atoms with Gasteiger partial charge in [0, 0.05) is 19.1 Å². The lowest BCUT2D eigenvalue weighted by atomic mass is 9.85. The maximum Gasteiger partial charge on any atom is 0.150 e. The molecule has 0 aliphatic carbocycles. The molecule has 2 aromatic rings. The molecule has 5 heteroatoms. The van der Waals surface area contributed by atoms with Gasteiger partial charge < -0.3 is 10.2 Å². The third kappa shape index (κ3) is 2.01. The lowest BCUT2D eigenvalue weighted by Crippen LogP contribution is -2.52. The molecule has 4 heterocycles. The number of anilines is 1. The molecule has 2 aliphatic heterocycles. The molecule has 100 valence electrons. The fourth-order valence-corrected chi connectivity index (χ4v) is 4.30. The molecule has 2 aliphatic rings. The number of rotatable bonds is 1. The van der Waals surface area contributed by atoms with E-state index in [1.165, 1.54) is 30.5 Å². The van der Waals surface area contributed by atoms with E-state index < -0.39 is 0 Å². The topological polar surface area (TPSA) is 41.1 Å². The number of piperidine rings is 2. The van der Waals surface area contributed by atoms with Crippen molar-refractivity contribution in [1.29, 1.82) is 0 Å². The van der Waals surface area contributed by atoms with Gasteiger partial charge in [-0.05, 0) is 43.2 Å². The van der Waals surface area contributed by atoms with Crippen molar-refractivity contribution in [3.8, 4) is 0 Å². The van der Waals surface area contributed by atoms with Crippen LogP contribution in [0.2, 0.25) is 0 Å². The third-order valence-electron chi connectivity index (χ3n) is 4.42. The first-order valence-electron chi connectivity index (χ1n) is 7.08. The zero-order valence-electron chi connectivity index (χ0n) is 10.9. The Kier molecular flexibility index (Phi) is 2.89. The lowest BCUT2D eigenvalue weighted by Gasteiger charge is -2.42. The Balaban J connectivity index is 1.64. The molecule has 2 saturated heterocycles. The number of aromatic nitrogens is 2. The van der Waals surface area contributed by atoms with Crippen LogP contribution in [0, 0.1) is 5.92 Å². The lowest BCUT2D eigenvalue weighted by molar-refractivity contribution is 0.244. The highest BCUT2D eigenvalue weighted by Crippen LogP contribution is 2.32. The summed E-state index contributed by atoms with van der Waals surface area (Å²) in [6, 6.07) is 2.81. The van der Waals surface area contributed by atoms with E-state index in [4.69, 9.17) is 0 Å². The van der Waals surface area contributed by atoms with Gasteiger partial charge in [0.25, 0.3) is 0 Å². The quantitative estimate of drug-likeness (QED) is 0.866. The molecule has 0 radical (unpaired) electrons. The summed E-state index contributed by atoms with van der Waals surface area (Å²) in [5.41, 5.74) is 1.08. The number of hydrogen-bond acceptors (Lipinski definition) is 5. The van der Waals surface area contributed by atoms with Gasteiger partial charge in [-0.3, -0.25) is 0 Å². The summed E-state index contributed by atoms with van der Waals surface area (Å²) in [6.07, 6.45) is 5.61. The van der Waals surface area contributed by atoms with Crippen LogP contribution in [-0.4, -0.2) is 35.6 Å². The summed E-state index contributed by atoms with van der Waals surface area (Å²) < 4.78 is 1.24. The molecule has 1 N–H and O–H groups in total. The van der Waals surface area contributed by atoms with Crippen LogP contribution in [0.5, 0.6) is 0 Å². The van der Waals surface area contributed by atoms with Crippen molar-refractivity contribution in [2.24, 2.45) is 5.92 Å². The van der Waals surface area contributed by atoms with Crippen molar-refractivity contribution >= 4 is 27.4 Å². The van der Waals surface area contributed by atoms with Crippen LogP contribution in [0.1, 0.15) is 19.3 Å². The SMILES string of the molecule is c1nc(N2CCC3NCCCC3C2)c2sccc2n1. The Labute approximate surface area is 116 Å². The number of nitrogens with one attached hydrogen (secondary N) is 1. The number of nitrogens with zero attached hydrogens (tertiary/aromatic N) is 3. The molecule has 0 spiro atoms. The zero-order chi connectivity index (χ0) is 12.7. The van der Waals surface area contributed by atoms with Crippen molar-refractivity contribution in [2.45, 2.75) is 25.3 Å². The maximum absolute atomic E-state index is 4.55. The first kappa shape index (κ1) is 11.6. The summed E-state index contributed by atoms with van der Waals surface area (Å²) in [6.45, 7) is 3.45. The van der Waals surface area contributed by atoms with E-state index in [9.17, 15) is 0 Å². The molecule has 2 unspecified atom stereocenters. The molecule has 0 saturated carbocycles. The van der Waals surface area contributed by atoms with Crippen molar-refractivity contribution in [2.75, 3.05) is 24.5 Å². The number of hydrogen-bond donors (Lipinski definition) is 1. The Morgan fingerprint density at radius 3 is 3.32 bits per heavy atom. The second-order valence-electron chi connectivity index (χ2n) is 5.53. The Morgan fingerprint density at radius 1 is 1.32 bits per heavy atom. The molecule has 2 fully saturated rings. The highest BCUT2D eigenvalue weighted by atomic mass is 32.1. The minimum absolute atomic E-state index is 0.727. The summed E-state index contributed by atoms with van der Waals surface area (Å²) in [7, 11) is 0. The molecule has 4 rings (SSSR count). The van der Waals surface area contributed by atoms with E-state index in [0.29, 0.717) is 0 Å². The second-order valence-corrected chi connectivity index (χ2v) is 6.45. The predicted octanol–water partition coefficient (Wildman–Crippen LogP) is 2.27. The molecule has 0 amide bonds. The van der Waals surface area contributed by atoms with E-state index in [0.717, 1.165) is 36.4 Å². The van der Waals surface area contributed by atoms with Gasteiger partial charge in [0.15, 0.2) is 0 Å². The van der Waals surface area contributed by atoms with Gasteiger partial charge in [0.05, 0.1) is 10.2 Å². The van der Waals surface area contributed by atoms with Crippen molar-refractivity contribution in [3.63, 3.8) is 0 Å². The maximum atomic E-state index is 4.55. The smallest absolute Gasteiger partial charge is 0.150 e. The fourth-order valence-electron chi connectivity index (χ4n) is 3.44. The molecule has 2 aromatic heterocycles. The molecular formula is C14H18N4S. The number of fused-ring (bicyclic) bond motifs is 2. The Bertz CT molecular complexity index is 582. The average molecular weight is 274 g/mol. The molecule has 19 heavy (non-hydrogen) atoms. The van der Waals surface area contributed by atoms with Gasteiger partial charge in [-0.1, -0.05) is 0 Å². The molecule has 0 aromatic carbocycles. The molecule has 0 bridgehead atoms. The monoisotopic (exact) mass is 274 g/mol. The van der Waals surface area contributed by atoms with Gasteiger partial charge in [0.2, 0.25) is 0 Å². The van der Waals surface area contributed by atoms with Crippen LogP contribution in [-0.2, 0) is 0 Å². The minimum atomic E-state index is 0.727. The van der Waals surface area contributed by atoms with Gasteiger partial charge in [-0.15, -0.1) is 11.3 Å². The van der Waals surface area contributed by atoms with Gasteiger partial charge >= 0.3 is 0 Å². The van der Waals surface area contributed by atoms with Crippen molar-refractivity contribution in [3.05, 3.63) is 17.8 Å². The van der Waals surface area contributed by atoms with Crippen LogP contribution in [0.15, 0.2) is 17.8 Å². The number of thiophene rings is 1. The van der Waals surface area contributed by atoms with Crippen LogP contribution in [0.25, 0.3) is 10.2 Å². The van der Waals surface area contributed by atoms with Gasteiger partial charge in [0.1, 0.15) is 12.1 Å². The van der Waals surface area contributed by atoms with Crippen molar-refractivity contribution in [1.82, 2.24) is 15.3 Å². The predicted molar refractivity (Wildman–Crippen MR) is 78.8 cm³/mol. The summed E-state index contributed by atoms with van der Waals surface area (Å²) >= 11 is 1.75. The Hall–Kier alpha value is -1.20. The normalized spacial score (nSPS) is 27.5. The van der Waals surface area contributed by atoms with E-state index in [1.54, 1.807) is 17.7 Å². The van der Waals surface area contributed by atoms with Crippen LogP contribution in [0.4, 0.5) is 5.82 Å². The van der Waals surface area contributed by atoms with E-state index in [1.807, 2.05) is 0 Å². The van der Waals surface area contributed by atoms with E-state index in [-0.39, 0.29) is 0 Å². The summed E-state index contributed by atoms with van der Waals surface area (Å²) in [5.74, 6) is 1.93. The third-order valence-corrected chi connectivity index (χ3v) is 5.32. The molecule has 2 atom stereocenters. The summed E-state index contributed by atoms with van der Waals surface area (Å²) in [4.78, 5) is 11.4. The van der Waals surface area contributed by atoms with Crippen LogP contribution < -0.4 is 10.2 Å². The first-order chi connectivity index (χ1) is 9.42. The largest absolute Gasteiger partial charge is 0.355 e. The molecule has 4 nitrogen and oxygen atoms in total. The van der Waals surface area contributed by atoms with E-state index >= 15 is 0 Å². The Morgan fingerprint density at radius 2 is 2.32 bits per heavy atom. The van der Waals surface area contributed by atoms with Gasteiger partial charge in [-0.2, -0.15) is 0 Å². The second kappa shape index (κ2) is 4.72. The van der Waals surface area contributed by atoms with Crippen molar-refractivity contribution < 1.29 is 0 Å². The summed E-state index contributed by atoms with van der Waals surface area (Å²) in [5, 5.41) is 5.78. The average Bonchev–Trinajstić information content (AvgIpc) is 2.95. The van der Waals surface area contributed by atoms with Crippen LogP contribution >= 0.6 is 11.3 Å². The fraction of sp³-hybridized carbons (Fsp3) is 0.571. The zero-order valence-corrected chi connectivity index (χ0v) is 11.7. The van der Waals surface area contributed by atoms with Gasteiger partial charge in [-0.25, -0.2) is 9.97 Å². The highest BCUT2D eigenvalue weighted by Gasteiger charge is 2.32. The highest BCUT2D eigenvalue weighted by molar-refractivity contribution is 7.17. The standard InChI is InChI=1S/C14H18N4S/c1-2-10-8-18(6-3-11(10)15-5-1)14-13-12(4-7-19-13)16-9-17-14/h4,7,9-11,15H,1-3,5-6,8H2. The van der Waals surface area contributed by atoms with E-state index in [2.05, 4.69) is 31.6 Å². The minimum Gasteiger partial charge on any atom is -0.355 e. The first-order valence-corrected chi connectivity index (χ1v) is 7.96.